The van der Waals surface area contributed by atoms with Crippen LogP contribution >= 0.6 is 12.4 Å². The second-order valence-electron chi connectivity index (χ2n) is 20.4. The number of hydrogen-bond acceptors (Lipinski definition) is 13. The van der Waals surface area contributed by atoms with Gasteiger partial charge in [0.05, 0.1) is 22.1 Å². The monoisotopic (exact) mass is 1170 g/mol. The number of carboxylic acid groups (broad SMARTS) is 1. The van der Waals surface area contributed by atoms with Gasteiger partial charge in [-0.2, -0.15) is 26.3 Å². The summed E-state index contributed by atoms with van der Waals surface area (Å²) in [6.07, 6.45) is -4.90. The van der Waals surface area contributed by atoms with E-state index in [1.54, 1.807) is 0 Å². The molecule has 17 nitrogen and oxygen atoms in total. The lowest BCUT2D eigenvalue weighted by molar-refractivity contribution is -0.388. The number of ether oxygens (including phenoxy) is 2. The molecular weight excluding hydrogens is 1100 g/mol. The van der Waals surface area contributed by atoms with Crippen LogP contribution in [0.25, 0.3) is 21.5 Å². The van der Waals surface area contributed by atoms with Crippen molar-refractivity contribution in [3.05, 3.63) is 153 Å². The molecule has 2 saturated heterocycles. The number of carbonyl (C=O) groups excluding carboxylic acids is 1. The van der Waals surface area contributed by atoms with E-state index in [4.69, 9.17) is 14.6 Å². The van der Waals surface area contributed by atoms with Crippen LogP contribution in [0.4, 0.5) is 60.5 Å². The third-order valence-corrected chi connectivity index (χ3v) is 14.9. The van der Waals surface area contributed by atoms with Crippen LogP contribution in [0, 0.1) is 20.2 Å². The number of nitro groups is 2. The maximum Gasteiger partial charge on any atom is 0.423 e. The zero-order valence-corrected chi connectivity index (χ0v) is 45.5. The number of halogens is 7. The Labute approximate surface area is 475 Å². The predicted molar refractivity (Wildman–Crippen MR) is 304 cm³/mol. The molecule has 2 saturated carbocycles. The molecule has 82 heavy (non-hydrogen) atoms. The highest BCUT2D eigenvalue weighted by atomic mass is 35.5. The van der Waals surface area contributed by atoms with Crippen molar-refractivity contribution < 1.29 is 60.4 Å². The molecule has 2 aliphatic carbocycles. The first-order valence-corrected chi connectivity index (χ1v) is 26.9. The molecule has 0 bridgehead atoms. The van der Waals surface area contributed by atoms with Crippen molar-refractivity contribution in [2.75, 3.05) is 86.0 Å². The van der Waals surface area contributed by atoms with Gasteiger partial charge in [0.1, 0.15) is 24.3 Å². The maximum absolute atomic E-state index is 13.3. The van der Waals surface area contributed by atoms with E-state index in [9.17, 15) is 56.2 Å². The van der Waals surface area contributed by atoms with E-state index >= 15 is 0 Å². The van der Waals surface area contributed by atoms with Crippen molar-refractivity contribution in [1.82, 2.24) is 10.2 Å². The number of rotatable bonds is 14. The van der Waals surface area contributed by atoms with E-state index < -0.39 is 50.7 Å². The number of nitro benzene ring substituents is 2. The van der Waals surface area contributed by atoms with Crippen molar-refractivity contribution in [3.8, 4) is 0 Å². The summed E-state index contributed by atoms with van der Waals surface area (Å²) in [6, 6.07) is 35.5. The van der Waals surface area contributed by atoms with Gasteiger partial charge in [-0.25, -0.2) is 4.79 Å². The fourth-order valence-electron chi connectivity index (χ4n) is 10.6. The van der Waals surface area contributed by atoms with Crippen LogP contribution in [0.5, 0.6) is 0 Å². The van der Waals surface area contributed by atoms with Gasteiger partial charge in [-0.3, -0.25) is 25.0 Å². The molecule has 4 fully saturated rings. The molecule has 0 aromatic heterocycles. The summed E-state index contributed by atoms with van der Waals surface area (Å²) < 4.78 is 89.8. The quantitative estimate of drug-likeness (QED) is 0.0455. The average molecular weight is 1170 g/mol. The molecule has 1 amide bonds. The summed E-state index contributed by atoms with van der Waals surface area (Å²) >= 11 is 0. The van der Waals surface area contributed by atoms with Crippen molar-refractivity contribution in [3.63, 3.8) is 0 Å². The Kier molecular flexibility index (Phi) is 21.6. The number of amides is 1. The van der Waals surface area contributed by atoms with Crippen molar-refractivity contribution >= 4 is 80.0 Å². The van der Waals surface area contributed by atoms with Crippen LogP contribution in [0.1, 0.15) is 62.5 Å². The van der Waals surface area contributed by atoms with Crippen LogP contribution in [0.2, 0.25) is 0 Å². The number of piperazine rings is 2. The standard InChI is InChI=1S/C29H31F3N4O4.C15H17F3N2O5.C14H16N2.ClH/c30-29(31,32)26-18-23(8-12-27(26)36(38)39)33-22-6-10-25(11-7-22)40-19-28(37)35-15-13-34(14-16-35)24-9-5-20-3-1-2-4-21(20)17-24;16-15(17,18)12-7-10(3-6-13(12)20(23)24)19-9-1-4-11(5-2-9)25-8-14(21)22;1-2-4-13-11-14(6-5-12(13)3-1)16-9-7-15-8-10-16;/h1-5,8-9,12,17-18,22,25,33H,6-7,10-11,13-16,19H2;3,6-7,9,11,19H,1-2,4-5,8H2,(H,21,22);1-6,11,15H,7-10H2;1H. The van der Waals surface area contributed by atoms with Crippen molar-refractivity contribution in [1.29, 1.82) is 0 Å². The summed E-state index contributed by atoms with van der Waals surface area (Å²) in [6.45, 7) is 6.78. The van der Waals surface area contributed by atoms with E-state index in [0.717, 1.165) is 69.2 Å². The van der Waals surface area contributed by atoms with Crippen LogP contribution in [-0.2, 0) is 31.4 Å². The maximum atomic E-state index is 13.3. The van der Waals surface area contributed by atoms with E-state index in [-0.39, 0.29) is 67.2 Å². The first kappa shape index (κ1) is 62.1. The normalized spacial score (nSPS) is 19.4. The molecule has 0 unspecified atom stereocenters. The SMILES string of the molecule is Cl.O=C(COC1CCC(Nc2ccc([N+](=O)[O-])c(C(F)(F)F)c2)CC1)N1CCN(c2ccc3ccccc3c2)CC1.O=C(O)COC1CCC(Nc2ccc([N+](=O)[O-])c(C(F)(F)F)c2)CC1.c1ccc2cc(N3CCNCC3)ccc2c1. The number of aliphatic carboxylic acids is 1. The smallest absolute Gasteiger partial charge is 0.423 e. The van der Waals surface area contributed by atoms with Crippen LogP contribution < -0.4 is 25.8 Å². The molecule has 0 spiro atoms. The number of nitrogens with zero attached hydrogens (tertiary/aromatic N) is 5. The van der Waals surface area contributed by atoms with E-state index in [1.165, 1.54) is 39.4 Å². The molecule has 0 radical (unpaired) electrons. The number of anilines is 4. The third kappa shape index (κ3) is 17.3. The molecule has 2 heterocycles. The fraction of sp³-hybridized carbons (Fsp3) is 0.414. The second kappa shape index (κ2) is 28.5. The van der Waals surface area contributed by atoms with Gasteiger partial charge in [-0.15, -0.1) is 12.4 Å². The first-order chi connectivity index (χ1) is 38.8. The summed E-state index contributed by atoms with van der Waals surface area (Å²) in [5, 5.41) is 44.7. The highest BCUT2D eigenvalue weighted by molar-refractivity contribution is 5.87. The van der Waals surface area contributed by atoms with Crippen molar-refractivity contribution in [2.45, 2.75) is 88.0 Å². The average Bonchev–Trinajstić information content (AvgIpc) is 3.59. The molecule has 6 aromatic rings. The highest BCUT2D eigenvalue weighted by Gasteiger charge is 2.40. The van der Waals surface area contributed by atoms with E-state index in [1.807, 2.05) is 17.0 Å². The van der Waals surface area contributed by atoms with Gasteiger partial charge in [0.2, 0.25) is 5.91 Å². The summed E-state index contributed by atoms with van der Waals surface area (Å²) in [7, 11) is 0. The zero-order chi connectivity index (χ0) is 57.7. The Morgan fingerprint density at radius 1 is 0.549 bits per heavy atom. The lowest BCUT2D eigenvalue weighted by atomic mass is 9.92. The van der Waals surface area contributed by atoms with Gasteiger partial charge in [0.25, 0.3) is 11.4 Å². The molecular formula is C58H65ClF6N8O9. The number of hydrogen-bond donors (Lipinski definition) is 4. The van der Waals surface area contributed by atoms with Gasteiger partial charge in [-0.05, 0) is 121 Å². The lowest BCUT2D eigenvalue weighted by Gasteiger charge is -2.36. The van der Waals surface area contributed by atoms with E-state index in [0.29, 0.717) is 64.5 Å². The molecule has 440 valence electrons. The Morgan fingerprint density at radius 3 is 1.35 bits per heavy atom. The summed E-state index contributed by atoms with van der Waals surface area (Å²) in [4.78, 5) is 49.4. The van der Waals surface area contributed by atoms with Crippen LogP contribution in [-0.4, -0.2) is 122 Å². The van der Waals surface area contributed by atoms with Crippen LogP contribution in [0.3, 0.4) is 0 Å². The molecule has 0 atom stereocenters. The first-order valence-electron chi connectivity index (χ1n) is 26.9. The predicted octanol–water partition coefficient (Wildman–Crippen LogP) is 12.0. The summed E-state index contributed by atoms with van der Waals surface area (Å²) in [5.74, 6) is -1.09. The number of carboxylic acids is 1. The fourth-order valence-corrected chi connectivity index (χ4v) is 10.6. The number of fused-ring (bicyclic) bond motifs is 2. The Hall–Kier alpha value is -7.47. The van der Waals surface area contributed by atoms with Gasteiger partial charge >= 0.3 is 18.3 Å². The largest absolute Gasteiger partial charge is 0.480 e. The molecule has 4 N–H and O–H groups in total. The zero-order valence-electron chi connectivity index (χ0n) is 44.7. The molecule has 24 heteroatoms. The number of alkyl halides is 6. The van der Waals surface area contributed by atoms with Gasteiger partial charge < -0.3 is 45.2 Å². The minimum Gasteiger partial charge on any atom is -0.480 e. The number of benzene rings is 6. The van der Waals surface area contributed by atoms with Crippen LogP contribution in [0.15, 0.2) is 121 Å². The summed E-state index contributed by atoms with van der Waals surface area (Å²) in [5.41, 5.74) is -1.65. The van der Waals surface area contributed by atoms with Crippen molar-refractivity contribution in [2.24, 2.45) is 0 Å². The lowest BCUT2D eigenvalue weighted by Crippen LogP contribution is -2.50. The van der Waals surface area contributed by atoms with Gasteiger partial charge in [-0.1, -0.05) is 60.7 Å². The molecule has 2 aliphatic heterocycles. The molecule has 4 aliphatic rings. The number of nitrogens with one attached hydrogen (secondary N) is 3. The molecule has 6 aromatic carbocycles. The second-order valence-corrected chi connectivity index (χ2v) is 20.4. The Balaban J connectivity index is 0.000000195. The van der Waals surface area contributed by atoms with Gasteiger partial charge in [0.15, 0.2) is 0 Å². The molecule has 10 rings (SSSR count). The third-order valence-electron chi connectivity index (χ3n) is 14.9. The van der Waals surface area contributed by atoms with E-state index in [2.05, 4.69) is 98.5 Å². The topological polar surface area (TPSA) is 205 Å². The van der Waals surface area contributed by atoms with Gasteiger partial charge in [0, 0.05) is 99.3 Å². The minimum absolute atomic E-state index is 0. The highest BCUT2D eigenvalue weighted by Crippen LogP contribution is 2.40. The Bertz CT molecular complexity index is 3130. The number of carbonyl (C=O) groups is 2. The Morgan fingerprint density at radius 2 is 0.951 bits per heavy atom. The minimum atomic E-state index is -4.82.